The van der Waals surface area contributed by atoms with Crippen LogP contribution in [0.25, 0.3) is 33.1 Å². The van der Waals surface area contributed by atoms with Gasteiger partial charge in [0, 0.05) is 22.1 Å². The highest BCUT2D eigenvalue weighted by molar-refractivity contribution is 6.06. The quantitative estimate of drug-likeness (QED) is 0.334. The van der Waals surface area contributed by atoms with E-state index in [2.05, 4.69) is 111 Å². The summed E-state index contributed by atoms with van der Waals surface area (Å²) in [6.45, 7) is 6.67. The molecule has 0 saturated heterocycles. The lowest BCUT2D eigenvalue weighted by Gasteiger charge is -2.18. The largest absolute Gasteiger partial charge is 0.456 e. The van der Waals surface area contributed by atoms with E-state index in [1.165, 1.54) is 16.7 Å². The van der Waals surface area contributed by atoms with Crippen LogP contribution < -0.4 is 5.32 Å². The van der Waals surface area contributed by atoms with Crippen molar-refractivity contribution < 1.29 is 4.42 Å². The van der Waals surface area contributed by atoms with Crippen molar-refractivity contribution in [3.8, 4) is 11.1 Å². The van der Waals surface area contributed by atoms with E-state index in [0.717, 1.165) is 33.3 Å². The maximum atomic E-state index is 6.14. The molecule has 1 heterocycles. The van der Waals surface area contributed by atoms with Gasteiger partial charge in [-0.25, -0.2) is 0 Å². The van der Waals surface area contributed by atoms with Crippen LogP contribution in [-0.2, 0) is 5.41 Å². The highest BCUT2D eigenvalue weighted by atomic mass is 16.3. The van der Waals surface area contributed by atoms with E-state index in [-0.39, 0.29) is 5.41 Å². The maximum Gasteiger partial charge on any atom is 0.135 e. The second-order valence-electron chi connectivity index (χ2n) is 8.85. The molecule has 0 atom stereocenters. The van der Waals surface area contributed by atoms with Crippen molar-refractivity contribution in [1.29, 1.82) is 0 Å². The lowest BCUT2D eigenvalue weighted by atomic mass is 9.87. The molecule has 148 valence electrons. The smallest absolute Gasteiger partial charge is 0.135 e. The lowest BCUT2D eigenvalue weighted by molar-refractivity contribution is 0.587. The minimum absolute atomic E-state index is 0.101. The minimum Gasteiger partial charge on any atom is -0.456 e. The van der Waals surface area contributed by atoms with Crippen LogP contribution >= 0.6 is 0 Å². The van der Waals surface area contributed by atoms with E-state index in [1.807, 2.05) is 6.07 Å². The fraction of sp³-hybridized carbons (Fsp3) is 0.143. The van der Waals surface area contributed by atoms with Crippen molar-refractivity contribution in [2.45, 2.75) is 26.2 Å². The molecule has 1 aromatic heterocycles. The number of fused-ring (bicyclic) bond motifs is 3. The number of hydrogen-bond acceptors (Lipinski definition) is 2. The number of rotatable bonds is 3. The van der Waals surface area contributed by atoms with Crippen molar-refractivity contribution in [2.75, 3.05) is 5.32 Å². The van der Waals surface area contributed by atoms with Crippen molar-refractivity contribution in [3.05, 3.63) is 96.6 Å². The molecule has 1 N–H and O–H groups in total. The molecule has 5 aromatic rings. The predicted octanol–water partition coefficient (Wildman–Crippen LogP) is 8.29. The molecule has 2 heteroatoms. The Hall–Kier alpha value is -3.52. The SMILES string of the molecule is CC(C)(C)c1ccc2c(c1)oc1ccc(Nc3cccc(-c4ccccc4)c3)cc12. The first-order valence-corrected chi connectivity index (χ1v) is 10.4. The predicted molar refractivity (Wildman–Crippen MR) is 128 cm³/mol. The normalized spacial score (nSPS) is 11.8. The van der Waals surface area contributed by atoms with E-state index in [1.54, 1.807) is 0 Å². The van der Waals surface area contributed by atoms with Crippen molar-refractivity contribution in [2.24, 2.45) is 0 Å². The lowest BCUT2D eigenvalue weighted by Crippen LogP contribution is -2.10. The molecule has 0 radical (unpaired) electrons. The number of hydrogen-bond donors (Lipinski definition) is 1. The molecule has 0 aliphatic heterocycles. The Morgan fingerprint density at radius 2 is 1.37 bits per heavy atom. The first-order chi connectivity index (χ1) is 14.5. The summed E-state index contributed by atoms with van der Waals surface area (Å²) in [4.78, 5) is 0. The third-order valence-electron chi connectivity index (χ3n) is 5.60. The molecule has 2 nitrogen and oxygen atoms in total. The van der Waals surface area contributed by atoms with Gasteiger partial charge in [-0.05, 0) is 58.5 Å². The van der Waals surface area contributed by atoms with E-state index < -0.39 is 0 Å². The second kappa shape index (κ2) is 7.07. The van der Waals surface area contributed by atoms with Crippen LogP contribution in [0.4, 0.5) is 11.4 Å². The van der Waals surface area contributed by atoms with Gasteiger partial charge in [0.15, 0.2) is 0 Å². The number of benzene rings is 4. The van der Waals surface area contributed by atoms with E-state index in [4.69, 9.17) is 4.42 Å². The van der Waals surface area contributed by atoms with E-state index in [0.29, 0.717) is 0 Å². The first kappa shape index (κ1) is 18.5. The Bertz CT molecular complexity index is 1340. The summed E-state index contributed by atoms with van der Waals surface area (Å²) in [6.07, 6.45) is 0. The minimum atomic E-state index is 0.101. The summed E-state index contributed by atoms with van der Waals surface area (Å²) in [5.74, 6) is 0. The molecule has 0 aliphatic rings. The van der Waals surface area contributed by atoms with Crippen LogP contribution in [0.3, 0.4) is 0 Å². The van der Waals surface area contributed by atoms with Crippen LogP contribution in [0, 0.1) is 0 Å². The molecule has 5 rings (SSSR count). The summed E-state index contributed by atoms with van der Waals surface area (Å²) in [6, 6.07) is 31.8. The molecule has 0 bridgehead atoms. The first-order valence-electron chi connectivity index (χ1n) is 10.4. The van der Waals surface area contributed by atoms with Crippen LogP contribution in [-0.4, -0.2) is 0 Å². The van der Waals surface area contributed by atoms with E-state index in [9.17, 15) is 0 Å². The molecule has 0 aliphatic carbocycles. The van der Waals surface area contributed by atoms with Crippen LogP contribution in [0.2, 0.25) is 0 Å². The monoisotopic (exact) mass is 391 g/mol. The van der Waals surface area contributed by atoms with Gasteiger partial charge in [0.2, 0.25) is 0 Å². The Morgan fingerprint density at radius 3 is 2.17 bits per heavy atom. The third-order valence-corrected chi connectivity index (χ3v) is 5.60. The van der Waals surface area contributed by atoms with Crippen molar-refractivity contribution in [1.82, 2.24) is 0 Å². The summed E-state index contributed by atoms with van der Waals surface area (Å²) in [7, 11) is 0. The number of furan rings is 1. The summed E-state index contributed by atoms with van der Waals surface area (Å²) in [5, 5.41) is 5.84. The number of nitrogens with one attached hydrogen (secondary N) is 1. The molecule has 0 unspecified atom stereocenters. The Labute approximate surface area is 177 Å². The highest BCUT2D eigenvalue weighted by Crippen LogP contribution is 2.34. The average molecular weight is 392 g/mol. The maximum absolute atomic E-state index is 6.14. The molecule has 0 spiro atoms. The number of anilines is 2. The van der Waals surface area contributed by atoms with Gasteiger partial charge in [0.1, 0.15) is 11.2 Å². The van der Waals surface area contributed by atoms with Crippen LogP contribution in [0.5, 0.6) is 0 Å². The van der Waals surface area contributed by atoms with E-state index >= 15 is 0 Å². The zero-order valence-corrected chi connectivity index (χ0v) is 17.6. The topological polar surface area (TPSA) is 25.2 Å². The molecule has 0 fully saturated rings. The second-order valence-corrected chi connectivity index (χ2v) is 8.85. The molecule has 4 aromatic carbocycles. The zero-order chi connectivity index (χ0) is 20.7. The molecule has 0 amide bonds. The molecule has 30 heavy (non-hydrogen) atoms. The fourth-order valence-electron chi connectivity index (χ4n) is 3.90. The van der Waals surface area contributed by atoms with Crippen molar-refractivity contribution in [3.63, 3.8) is 0 Å². The molecule has 0 saturated carbocycles. The molecular weight excluding hydrogens is 366 g/mol. The third kappa shape index (κ3) is 3.46. The van der Waals surface area contributed by atoms with Crippen LogP contribution in [0.15, 0.2) is 95.4 Å². The Kier molecular flexibility index (Phi) is 4.36. The van der Waals surface area contributed by atoms with Gasteiger partial charge < -0.3 is 9.73 Å². The van der Waals surface area contributed by atoms with Gasteiger partial charge >= 0.3 is 0 Å². The van der Waals surface area contributed by atoms with Crippen molar-refractivity contribution >= 4 is 33.3 Å². The summed E-state index contributed by atoms with van der Waals surface area (Å²) < 4.78 is 6.14. The Balaban J connectivity index is 1.50. The van der Waals surface area contributed by atoms with Gasteiger partial charge in [0.25, 0.3) is 0 Å². The van der Waals surface area contributed by atoms with Crippen LogP contribution in [0.1, 0.15) is 26.3 Å². The standard InChI is InChI=1S/C28H25NO/c1-28(2,3)21-12-14-24-25-18-23(13-15-26(25)30-27(24)17-21)29-22-11-7-10-20(16-22)19-8-5-4-6-9-19/h4-18,29H,1-3H3. The van der Waals surface area contributed by atoms with Gasteiger partial charge in [-0.1, -0.05) is 75.4 Å². The van der Waals surface area contributed by atoms with Gasteiger partial charge in [-0.3, -0.25) is 0 Å². The van der Waals surface area contributed by atoms with Gasteiger partial charge in [-0.15, -0.1) is 0 Å². The summed E-state index contributed by atoms with van der Waals surface area (Å²) >= 11 is 0. The summed E-state index contributed by atoms with van der Waals surface area (Å²) in [5.41, 5.74) is 7.78. The van der Waals surface area contributed by atoms with Gasteiger partial charge in [-0.2, -0.15) is 0 Å². The highest BCUT2D eigenvalue weighted by Gasteiger charge is 2.16. The fourth-order valence-corrected chi connectivity index (χ4v) is 3.90. The van der Waals surface area contributed by atoms with Gasteiger partial charge in [0.05, 0.1) is 0 Å². The zero-order valence-electron chi connectivity index (χ0n) is 17.6. The Morgan fingerprint density at radius 1 is 0.600 bits per heavy atom. The average Bonchev–Trinajstić information content (AvgIpc) is 3.11. The molecular formula is C28H25NO.